The normalized spacial score (nSPS) is 12.7. The highest BCUT2D eigenvalue weighted by Gasteiger charge is 2.12. The Kier molecular flexibility index (Phi) is 3.63. The van der Waals surface area contributed by atoms with Crippen molar-refractivity contribution in [2.45, 2.75) is 4.90 Å². The van der Waals surface area contributed by atoms with Crippen molar-refractivity contribution in [3.63, 3.8) is 0 Å². The second kappa shape index (κ2) is 5.47. The highest BCUT2D eigenvalue weighted by atomic mass is 32.2. The third kappa shape index (κ3) is 2.70. The van der Waals surface area contributed by atoms with Crippen molar-refractivity contribution in [1.29, 1.82) is 0 Å². The van der Waals surface area contributed by atoms with Crippen LogP contribution < -0.4 is 15.4 Å². The average Bonchev–Trinajstić information content (AvgIpc) is 2.83. The van der Waals surface area contributed by atoms with Gasteiger partial charge < -0.3 is 10.3 Å². The van der Waals surface area contributed by atoms with Gasteiger partial charge in [0, 0.05) is 12.7 Å². The van der Waals surface area contributed by atoms with Gasteiger partial charge in [-0.05, 0) is 36.4 Å². The molecule has 0 aliphatic heterocycles. The fourth-order valence-corrected chi connectivity index (χ4v) is 3.83. The summed E-state index contributed by atoms with van der Waals surface area (Å²) in [7, 11) is -1.87. The first kappa shape index (κ1) is 14.6. The number of nitrogens with one attached hydrogen (secondary N) is 1. The molecule has 0 fully saturated rings. The second-order valence-corrected chi connectivity index (χ2v) is 7.36. The maximum absolute atomic E-state index is 12.2. The molecular formula is C14H14N4O2S2. The largest absolute Gasteiger partial charge is 0.399 e. The molecule has 0 atom stereocenters. The molecular weight excluding hydrogens is 320 g/mol. The second-order valence-electron chi connectivity index (χ2n) is 4.69. The van der Waals surface area contributed by atoms with E-state index in [4.69, 9.17) is 5.73 Å². The number of sulfonamides is 1. The summed E-state index contributed by atoms with van der Waals surface area (Å²) in [6.07, 6.45) is 0. The van der Waals surface area contributed by atoms with Crippen molar-refractivity contribution in [3.8, 4) is 0 Å². The van der Waals surface area contributed by atoms with E-state index in [2.05, 4.69) is 9.93 Å². The van der Waals surface area contributed by atoms with Crippen LogP contribution in [0.15, 0.2) is 58.5 Å². The number of nitrogens with two attached hydrogens (primary N) is 1. The predicted octanol–water partition coefficient (Wildman–Crippen LogP) is 1.62. The number of aromatic nitrogens is 1. The van der Waals surface area contributed by atoms with Gasteiger partial charge in [-0.1, -0.05) is 23.5 Å². The lowest BCUT2D eigenvalue weighted by atomic mass is 10.3. The fraction of sp³-hybridized carbons (Fsp3) is 0.0714. The minimum atomic E-state index is -3.71. The van der Waals surface area contributed by atoms with E-state index >= 15 is 0 Å². The molecule has 0 bridgehead atoms. The first-order chi connectivity index (χ1) is 10.5. The summed E-state index contributed by atoms with van der Waals surface area (Å²) in [4.78, 5) is 2.95. The van der Waals surface area contributed by atoms with Crippen LogP contribution >= 0.6 is 11.3 Å². The Hall–Kier alpha value is -2.32. The number of hydrogen-bond donors (Lipinski definition) is 2. The van der Waals surface area contributed by atoms with Gasteiger partial charge in [-0.25, -0.2) is 0 Å². The summed E-state index contributed by atoms with van der Waals surface area (Å²) in [5, 5.41) is 4.03. The summed E-state index contributed by atoms with van der Waals surface area (Å²) < 4.78 is 27.3. The van der Waals surface area contributed by atoms with Crippen LogP contribution in [0.5, 0.6) is 0 Å². The van der Waals surface area contributed by atoms with Gasteiger partial charge in [0.05, 0.1) is 15.1 Å². The SMILES string of the molecule is Cn1/c(=N\NS(=O)(=O)c2ccc(N)cc2)sc2ccccc21. The van der Waals surface area contributed by atoms with Crippen LogP contribution in [0.2, 0.25) is 0 Å². The van der Waals surface area contributed by atoms with Crippen LogP contribution in [0.1, 0.15) is 0 Å². The van der Waals surface area contributed by atoms with E-state index in [-0.39, 0.29) is 4.90 Å². The van der Waals surface area contributed by atoms with Crippen LogP contribution in [-0.2, 0) is 17.1 Å². The standard InChI is InChI=1S/C14H14N4O2S2/c1-18-12-4-2-3-5-13(12)21-14(18)16-17-22(19,20)11-8-6-10(15)7-9-11/h2-9,17H,15H2,1H3/b16-14+. The molecule has 0 spiro atoms. The zero-order valence-electron chi connectivity index (χ0n) is 11.7. The third-order valence-corrected chi connectivity index (χ3v) is 5.50. The Balaban J connectivity index is 1.98. The number of fused-ring (bicyclic) bond motifs is 1. The quantitative estimate of drug-likeness (QED) is 0.563. The topological polar surface area (TPSA) is 89.5 Å². The highest BCUT2D eigenvalue weighted by molar-refractivity contribution is 7.89. The van der Waals surface area contributed by atoms with Gasteiger partial charge in [0.1, 0.15) is 0 Å². The molecule has 0 aliphatic carbocycles. The number of nitrogen functional groups attached to an aromatic ring is 1. The molecule has 2 aromatic carbocycles. The molecule has 3 N–H and O–H groups in total. The Bertz CT molecular complexity index is 986. The van der Waals surface area contributed by atoms with Crippen LogP contribution in [-0.4, -0.2) is 13.0 Å². The van der Waals surface area contributed by atoms with E-state index in [0.29, 0.717) is 10.5 Å². The van der Waals surface area contributed by atoms with E-state index < -0.39 is 10.0 Å². The molecule has 0 amide bonds. The molecule has 8 heteroatoms. The average molecular weight is 334 g/mol. The lowest BCUT2D eigenvalue weighted by molar-refractivity contribution is 0.582. The Labute approximate surface area is 131 Å². The van der Waals surface area contributed by atoms with Crippen LogP contribution in [0.3, 0.4) is 0 Å². The first-order valence-corrected chi connectivity index (χ1v) is 8.73. The van der Waals surface area contributed by atoms with Crippen LogP contribution in [0, 0.1) is 0 Å². The maximum Gasteiger partial charge on any atom is 0.276 e. The van der Waals surface area contributed by atoms with E-state index in [9.17, 15) is 8.42 Å². The van der Waals surface area contributed by atoms with Crippen molar-refractivity contribution < 1.29 is 8.42 Å². The monoisotopic (exact) mass is 334 g/mol. The smallest absolute Gasteiger partial charge is 0.276 e. The zero-order chi connectivity index (χ0) is 15.7. The Morgan fingerprint density at radius 2 is 1.82 bits per heavy atom. The number of nitrogens with zero attached hydrogens (tertiary/aromatic N) is 2. The number of benzene rings is 2. The summed E-state index contributed by atoms with van der Waals surface area (Å²) in [5.41, 5.74) is 7.06. The molecule has 6 nitrogen and oxygen atoms in total. The number of hydrogen-bond acceptors (Lipinski definition) is 5. The molecule has 3 rings (SSSR count). The van der Waals surface area contributed by atoms with E-state index in [1.165, 1.54) is 35.6 Å². The molecule has 0 radical (unpaired) electrons. The van der Waals surface area contributed by atoms with Gasteiger partial charge in [0.2, 0.25) is 4.80 Å². The number of anilines is 1. The van der Waals surface area contributed by atoms with Crippen molar-refractivity contribution in [2.24, 2.45) is 12.1 Å². The Morgan fingerprint density at radius 3 is 2.50 bits per heavy atom. The maximum atomic E-state index is 12.2. The number of aryl methyl sites for hydroxylation is 1. The van der Waals surface area contributed by atoms with Gasteiger partial charge in [-0.15, -0.1) is 5.10 Å². The third-order valence-electron chi connectivity index (χ3n) is 3.17. The van der Waals surface area contributed by atoms with Gasteiger partial charge in [-0.2, -0.15) is 13.2 Å². The summed E-state index contributed by atoms with van der Waals surface area (Å²) in [5.74, 6) is 0. The summed E-state index contributed by atoms with van der Waals surface area (Å²) in [6.45, 7) is 0. The molecule has 0 saturated heterocycles. The number of rotatable bonds is 3. The molecule has 0 aliphatic rings. The molecule has 0 unspecified atom stereocenters. The summed E-state index contributed by atoms with van der Waals surface area (Å²) >= 11 is 1.41. The lowest BCUT2D eigenvalue weighted by Gasteiger charge is -2.03. The van der Waals surface area contributed by atoms with Gasteiger partial charge in [-0.3, -0.25) is 0 Å². The summed E-state index contributed by atoms with van der Waals surface area (Å²) in [6, 6.07) is 13.7. The highest BCUT2D eigenvalue weighted by Crippen LogP contribution is 2.15. The molecule has 3 aromatic rings. The fourth-order valence-electron chi connectivity index (χ4n) is 1.99. The van der Waals surface area contributed by atoms with E-state index in [0.717, 1.165) is 10.2 Å². The minimum Gasteiger partial charge on any atom is -0.399 e. The van der Waals surface area contributed by atoms with Gasteiger partial charge in [0.15, 0.2) is 0 Å². The predicted molar refractivity (Wildman–Crippen MR) is 87.5 cm³/mol. The molecule has 0 saturated carbocycles. The minimum absolute atomic E-state index is 0.120. The van der Waals surface area contributed by atoms with E-state index in [1.54, 1.807) is 0 Å². The van der Waals surface area contributed by atoms with E-state index in [1.807, 2.05) is 35.9 Å². The number of para-hydroxylation sites is 1. The molecule has 1 aromatic heterocycles. The van der Waals surface area contributed by atoms with Crippen molar-refractivity contribution >= 4 is 37.3 Å². The number of thiazole rings is 1. The van der Waals surface area contributed by atoms with Crippen molar-refractivity contribution in [1.82, 2.24) is 9.40 Å². The molecule has 22 heavy (non-hydrogen) atoms. The van der Waals surface area contributed by atoms with Crippen molar-refractivity contribution in [3.05, 3.63) is 53.3 Å². The molecule has 1 heterocycles. The first-order valence-electron chi connectivity index (χ1n) is 6.43. The van der Waals surface area contributed by atoms with Crippen LogP contribution in [0.4, 0.5) is 5.69 Å². The van der Waals surface area contributed by atoms with Gasteiger partial charge in [0.25, 0.3) is 10.0 Å². The van der Waals surface area contributed by atoms with Crippen LogP contribution in [0.25, 0.3) is 10.2 Å². The Morgan fingerprint density at radius 1 is 1.14 bits per heavy atom. The lowest BCUT2D eigenvalue weighted by Crippen LogP contribution is -2.23. The molecule has 114 valence electrons. The van der Waals surface area contributed by atoms with Crippen molar-refractivity contribution in [2.75, 3.05) is 5.73 Å². The van der Waals surface area contributed by atoms with Gasteiger partial charge >= 0.3 is 0 Å². The zero-order valence-corrected chi connectivity index (χ0v) is 13.4.